The van der Waals surface area contributed by atoms with Crippen molar-refractivity contribution in [2.24, 2.45) is 0 Å². The first-order valence-corrected chi connectivity index (χ1v) is 6.41. The molecule has 0 saturated carbocycles. The summed E-state index contributed by atoms with van der Waals surface area (Å²) < 4.78 is 1.33. The summed E-state index contributed by atoms with van der Waals surface area (Å²) in [4.78, 5) is 0. The smallest absolute Gasteiger partial charge is 0.0539 e. The Morgan fingerprint density at radius 3 is 3.12 bits per heavy atom. The molecule has 0 saturated heterocycles. The minimum atomic E-state index is 0.804. The largest absolute Gasteiger partial charge is 0.381 e. The SMILES string of the molecule is Cc1[nH]ncc1CNc1ccc2sccc2c1. The zero-order valence-corrected chi connectivity index (χ0v) is 10.3. The molecule has 17 heavy (non-hydrogen) atoms. The highest BCUT2D eigenvalue weighted by Gasteiger charge is 2.01. The lowest BCUT2D eigenvalue weighted by molar-refractivity contribution is 1.04. The number of hydrogen-bond acceptors (Lipinski definition) is 3. The maximum Gasteiger partial charge on any atom is 0.0539 e. The molecule has 0 spiro atoms. The summed E-state index contributed by atoms with van der Waals surface area (Å²) in [6.45, 7) is 2.84. The molecule has 0 unspecified atom stereocenters. The number of aromatic amines is 1. The van der Waals surface area contributed by atoms with E-state index in [0.717, 1.165) is 17.9 Å². The normalized spacial score (nSPS) is 10.9. The zero-order valence-electron chi connectivity index (χ0n) is 9.53. The van der Waals surface area contributed by atoms with Crippen LogP contribution in [0.1, 0.15) is 11.3 Å². The monoisotopic (exact) mass is 243 g/mol. The van der Waals surface area contributed by atoms with E-state index in [-0.39, 0.29) is 0 Å². The van der Waals surface area contributed by atoms with Gasteiger partial charge >= 0.3 is 0 Å². The van der Waals surface area contributed by atoms with Crippen LogP contribution in [-0.2, 0) is 6.54 Å². The minimum Gasteiger partial charge on any atom is -0.381 e. The van der Waals surface area contributed by atoms with E-state index >= 15 is 0 Å². The van der Waals surface area contributed by atoms with Crippen molar-refractivity contribution < 1.29 is 0 Å². The van der Waals surface area contributed by atoms with Gasteiger partial charge in [-0.2, -0.15) is 5.10 Å². The van der Waals surface area contributed by atoms with Crippen molar-refractivity contribution in [2.45, 2.75) is 13.5 Å². The van der Waals surface area contributed by atoms with E-state index in [4.69, 9.17) is 0 Å². The van der Waals surface area contributed by atoms with Crippen LogP contribution in [-0.4, -0.2) is 10.2 Å². The second-order valence-electron chi connectivity index (χ2n) is 4.05. The Labute approximate surface area is 103 Å². The fourth-order valence-electron chi connectivity index (χ4n) is 1.83. The molecule has 0 fully saturated rings. The number of rotatable bonds is 3. The maximum absolute atomic E-state index is 4.01. The van der Waals surface area contributed by atoms with Crippen molar-refractivity contribution in [1.29, 1.82) is 0 Å². The lowest BCUT2D eigenvalue weighted by Gasteiger charge is -2.05. The van der Waals surface area contributed by atoms with Crippen LogP contribution in [0.3, 0.4) is 0 Å². The molecule has 2 N–H and O–H groups in total. The Morgan fingerprint density at radius 1 is 1.35 bits per heavy atom. The molecular formula is C13H13N3S. The predicted octanol–water partition coefficient (Wildman–Crippen LogP) is 3.54. The van der Waals surface area contributed by atoms with Crippen molar-refractivity contribution in [3.63, 3.8) is 0 Å². The van der Waals surface area contributed by atoms with E-state index in [1.807, 2.05) is 13.1 Å². The second-order valence-corrected chi connectivity index (χ2v) is 4.99. The van der Waals surface area contributed by atoms with Gasteiger partial charge in [-0.3, -0.25) is 5.10 Å². The Bertz CT molecular complexity index is 639. The Morgan fingerprint density at radius 2 is 2.29 bits per heavy atom. The van der Waals surface area contributed by atoms with Gasteiger partial charge < -0.3 is 5.32 Å². The average molecular weight is 243 g/mol. The van der Waals surface area contributed by atoms with Crippen molar-refractivity contribution in [1.82, 2.24) is 10.2 Å². The summed E-state index contributed by atoms with van der Waals surface area (Å²) in [5, 5.41) is 13.8. The maximum atomic E-state index is 4.01. The lowest BCUT2D eigenvalue weighted by atomic mass is 10.2. The van der Waals surface area contributed by atoms with Crippen LogP contribution < -0.4 is 5.32 Å². The highest BCUT2D eigenvalue weighted by atomic mass is 32.1. The molecule has 0 aliphatic rings. The Hall–Kier alpha value is -1.81. The number of aromatic nitrogens is 2. The van der Waals surface area contributed by atoms with E-state index < -0.39 is 0 Å². The zero-order chi connectivity index (χ0) is 11.7. The second kappa shape index (κ2) is 4.22. The molecule has 0 amide bonds. The molecule has 4 heteroatoms. The molecule has 2 heterocycles. The van der Waals surface area contributed by atoms with E-state index in [2.05, 4.69) is 45.2 Å². The van der Waals surface area contributed by atoms with Crippen molar-refractivity contribution in [3.05, 3.63) is 47.1 Å². The number of aryl methyl sites for hydroxylation is 1. The van der Waals surface area contributed by atoms with Crippen LogP contribution >= 0.6 is 11.3 Å². The van der Waals surface area contributed by atoms with Gasteiger partial charge in [0.2, 0.25) is 0 Å². The third-order valence-electron chi connectivity index (χ3n) is 2.87. The van der Waals surface area contributed by atoms with E-state index in [0.29, 0.717) is 0 Å². The van der Waals surface area contributed by atoms with E-state index in [1.54, 1.807) is 11.3 Å². The molecule has 3 aromatic rings. The molecule has 2 aromatic heterocycles. The first-order valence-electron chi connectivity index (χ1n) is 5.53. The number of benzene rings is 1. The summed E-state index contributed by atoms with van der Waals surface area (Å²) in [6, 6.07) is 8.61. The Kier molecular flexibility index (Phi) is 2.57. The van der Waals surface area contributed by atoms with Crippen molar-refractivity contribution >= 4 is 27.1 Å². The minimum absolute atomic E-state index is 0.804. The number of nitrogens with zero attached hydrogens (tertiary/aromatic N) is 1. The highest BCUT2D eigenvalue weighted by molar-refractivity contribution is 7.17. The average Bonchev–Trinajstić information content (AvgIpc) is 2.94. The third kappa shape index (κ3) is 2.03. The number of hydrogen-bond donors (Lipinski definition) is 2. The molecular weight excluding hydrogens is 230 g/mol. The molecule has 1 aromatic carbocycles. The summed E-state index contributed by atoms with van der Waals surface area (Å²) in [6.07, 6.45) is 1.87. The van der Waals surface area contributed by atoms with Crippen molar-refractivity contribution in [2.75, 3.05) is 5.32 Å². The van der Waals surface area contributed by atoms with Crippen LogP contribution in [0.5, 0.6) is 0 Å². The molecule has 0 aliphatic heterocycles. The van der Waals surface area contributed by atoms with Crippen LogP contribution in [0.4, 0.5) is 5.69 Å². The molecule has 3 rings (SSSR count). The number of fused-ring (bicyclic) bond motifs is 1. The molecule has 0 radical (unpaired) electrons. The van der Waals surface area contributed by atoms with Gasteiger partial charge in [-0.05, 0) is 42.0 Å². The molecule has 3 nitrogen and oxygen atoms in total. The lowest BCUT2D eigenvalue weighted by Crippen LogP contribution is -1.99. The summed E-state index contributed by atoms with van der Waals surface area (Å²) in [7, 11) is 0. The molecule has 86 valence electrons. The van der Waals surface area contributed by atoms with Gasteiger partial charge in [0, 0.05) is 28.2 Å². The van der Waals surface area contributed by atoms with Crippen LogP contribution in [0.2, 0.25) is 0 Å². The van der Waals surface area contributed by atoms with E-state index in [1.165, 1.54) is 15.6 Å². The quantitative estimate of drug-likeness (QED) is 0.738. The first kappa shape index (κ1) is 10.4. The predicted molar refractivity (Wildman–Crippen MR) is 72.5 cm³/mol. The standard InChI is InChI=1S/C13H13N3S/c1-9-11(8-15-16-9)7-14-12-2-3-13-10(6-12)4-5-17-13/h2-6,8,14H,7H2,1H3,(H,15,16). The molecule has 0 aliphatic carbocycles. The van der Waals surface area contributed by atoms with Gasteiger partial charge in [-0.1, -0.05) is 0 Å². The third-order valence-corrected chi connectivity index (χ3v) is 3.77. The Balaban J connectivity index is 1.78. The fourth-order valence-corrected chi connectivity index (χ4v) is 2.60. The summed E-state index contributed by atoms with van der Waals surface area (Å²) in [5.41, 5.74) is 3.47. The number of H-pyrrole nitrogens is 1. The van der Waals surface area contributed by atoms with Gasteiger partial charge in [-0.25, -0.2) is 0 Å². The van der Waals surface area contributed by atoms with Crippen LogP contribution in [0.25, 0.3) is 10.1 Å². The van der Waals surface area contributed by atoms with Gasteiger partial charge in [0.15, 0.2) is 0 Å². The van der Waals surface area contributed by atoms with Gasteiger partial charge in [0.25, 0.3) is 0 Å². The van der Waals surface area contributed by atoms with Crippen molar-refractivity contribution in [3.8, 4) is 0 Å². The topological polar surface area (TPSA) is 40.7 Å². The fraction of sp³-hybridized carbons (Fsp3) is 0.154. The van der Waals surface area contributed by atoms with Gasteiger partial charge in [-0.15, -0.1) is 11.3 Å². The highest BCUT2D eigenvalue weighted by Crippen LogP contribution is 2.24. The number of nitrogens with one attached hydrogen (secondary N) is 2. The van der Waals surface area contributed by atoms with Crippen LogP contribution in [0, 0.1) is 6.92 Å². The number of anilines is 1. The van der Waals surface area contributed by atoms with Gasteiger partial charge in [0.1, 0.15) is 0 Å². The van der Waals surface area contributed by atoms with Gasteiger partial charge in [0.05, 0.1) is 6.20 Å². The summed E-state index contributed by atoms with van der Waals surface area (Å²) >= 11 is 1.77. The van der Waals surface area contributed by atoms with E-state index in [9.17, 15) is 0 Å². The number of thiophene rings is 1. The van der Waals surface area contributed by atoms with Crippen LogP contribution in [0.15, 0.2) is 35.8 Å². The first-order chi connectivity index (χ1) is 8.33. The molecule has 0 bridgehead atoms. The summed E-state index contributed by atoms with van der Waals surface area (Å²) in [5.74, 6) is 0. The molecule has 0 atom stereocenters.